The molecule has 3 heteroatoms. The molecule has 1 aliphatic rings. The number of aryl methyl sites for hydroxylation is 1. The molecular weight excluding hydrogens is 228 g/mol. The molecule has 0 spiro atoms. The number of nitrogens with one attached hydrogen (secondary N) is 1. The summed E-state index contributed by atoms with van der Waals surface area (Å²) >= 11 is 2.07. The predicted octanol–water partition coefficient (Wildman–Crippen LogP) is 3.37. The fourth-order valence-corrected chi connectivity index (χ4v) is 3.51. The first-order chi connectivity index (χ1) is 8.08. The smallest absolute Gasteiger partial charge is 0.0411 e. The van der Waals surface area contributed by atoms with Gasteiger partial charge in [-0.05, 0) is 36.8 Å². The topological polar surface area (TPSA) is 15.3 Å². The van der Waals surface area contributed by atoms with E-state index in [-0.39, 0.29) is 0 Å². The van der Waals surface area contributed by atoms with Crippen molar-refractivity contribution in [1.82, 2.24) is 0 Å². The maximum Gasteiger partial charge on any atom is 0.0411 e. The van der Waals surface area contributed by atoms with Crippen molar-refractivity contribution in [3.05, 3.63) is 23.8 Å². The second kappa shape index (κ2) is 5.21. The Morgan fingerprint density at radius 3 is 2.71 bits per heavy atom. The van der Waals surface area contributed by atoms with E-state index >= 15 is 0 Å². The number of rotatable bonds is 3. The van der Waals surface area contributed by atoms with E-state index in [4.69, 9.17) is 0 Å². The molecule has 2 nitrogen and oxygen atoms in total. The van der Waals surface area contributed by atoms with Crippen LogP contribution in [0.15, 0.2) is 18.2 Å². The molecule has 1 aromatic carbocycles. The molecule has 0 aliphatic carbocycles. The number of hydrogen-bond acceptors (Lipinski definition) is 3. The van der Waals surface area contributed by atoms with Gasteiger partial charge < -0.3 is 10.2 Å². The van der Waals surface area contributed by atoms with Crippen LogP contribution in [0.3, 0.4) is 0 Å². The normalized spacial score (nSPS) is 23.8. The van der Waals surface area contributed by atoms with Crippen LogP contribution < -0.4 is 10.2 Å². The molecule has 0 aromatic heterocycles. The quantitative estimate of drug-likeness (QED) is 0.885. The number of hydrogen-bond donors (Lipinski definition) is 1. The molecule has 1 aromatic rings. The molecule has 0 amide bonds. The van der Waals surface area contributed by atoms with Crippen LogP contribution in [0.2, 0.25) is 0 Å². The molecule has 1 aliphatic heterocycles. The molecule has 1 heterocycles. The van der Waals surface area contributed by atoms with Crippen molar-refractivity contribution in [2.24, 2.45) is 0 Å². The van der Waals surface area contributed by atoms with Gasteiger partial charge in [0.1, 0.15) is 0 Å². The monoisotopic (exact) mass is 250 g/mol. The SMILES string of the molecule is Cc1ccc(NC2CCSC2C)cc1N(C)C. The Morgan fingerprint density at radius 1 is 1.35 bits per heavy atom. The van der Waals surface area contributed by atoms with E-state index in [1.54, 1.807) is 0 Å². The van der Waals surface area contributed by atoms with Crippen LogP contribution >= 0.6 is 11.8 Å². The minimum absolute atomic E-state index is 0.623. The van der Waals surface area contributed by atoms with Crippen LogP contribution in [0.25, 0.3) is 0 Å². The molecular formula is C14H22N2S. The lowest BCUT2D eigenvalue weighted by Crippen LogP contribution is -2.24. The third-order valence-electron chi connectivity index (χ3n) is 3.42. The lowest BCUT2D eigenvalue weighted by Gasteiger charge is -2.21. The first kappa shape index (κ1) is 12.6. The van der Waals surface area contributed by atoms with E-state index in [9.17, 15) is 0 Å². The number of nitrogens with zero attached hydrogens (tertiary/aromatic N) is 1. The standard InChI is InChI=1S/C14H22N2S/c1-10-5-6-12(9-14(10)16(3)4)15-13-7-8-17-11(13)2/h5-6,9,11,13,15H,7-8H2,1-4H3. The highest BCUT2D eigenvalue weighted by molar-refractivity contribution is 8.00. The van der Waals surface area contributed by atoms with Crippen molar-refractivity contribution in [1.29, 1.82) is 0 Å². The van der Waals surface area contributed by atoms with Gasteiger partial charge in [0.25, 0.3) is 0 Å². The van der Waals surface area contributed by atoms with Gasteiger partial charge in [-0.25, -0.2) is 0 Å². The molecule has 2 atom stereocenters. The second-order valence-corrected chi connectivity index (χ2v) is 6.50. The number of thioether (sulfide) groups is 1. The molecule has 2 unspecified atom stereocenters. The van der Waals surface area contributed by atoms with E-state index in [2.05, 4.69) is 68.1 Å². The van der Waals surface area contributed by atoms with Gasteiger partial charge in [-0.2, -0.15) is 11.8 Å². The van der Waals surface area contributed by atoms with Crippen LogP contribution in [0.5, 0.6) is 0 Å². The van der Waals surface area contributed by atoms with E-state index in [0.29, 0.717) is 6.04 Å². The van der Waals surface area contributed by atoms with Gasteiger partial charge in [0, 0.05) is 36.8 Å². The fourth-order valence-electron chi connectivity index (χ4n) is 2.32. The molecule has 2 rings (SSSR count). The van der Waals surface area contributed by atoms with Crippen LogP contribution in [-0.2, 0) is 0 Å². The van der Waals surface area contributed by atoms with Gasteiger partial charge in [0.2, 0.25) is 0 Å². The average molecular weight is 250 g/mol. The first-order valence-corrected chi connectivity index (χ1v) is 7.29. The zero-order valence-electron chi connectivity index (χ0n) is 11.2. The summed E-state index contributed by atoms with van der Waals surface area (Å²) in [6.45, 7) is 4.48. The summed E-state index contributed by atoms with van der Waals surface area (Å²) in [7, 11) is 4.19. The molecule has 17 heavy (non-hydrogen) atoms. The zero-order chi connectivity index (χ0) is 12.4. The van der Waals surface area contributed by atoms with Crippen LogP contribution in [0.1, 0.15) is 18.9 Å². The number of benzene rings is 1. The van der Waals surface area contributed by atoms with Crippen LogP contribution in [0, 0.1) is 6.92 Å². The van der Waals surface area contributed by atoms with E-state index < -0.39 is 0 Å². The van der Waals surface area contributed by atoms with Crippen LogP contribution in [0.4, 0.5) is 11.4 Å². The van der Waals surface area contributed by atoms with Gasteiger partial charge in [0.05, 0.1) is 0 Å². The first-order valence-electron chi connectivity index (χ1n) is 6.24. The van der Waals surface area contributed by atoms with Crippen molar-refractivity contribution in [2.75, 3.05) is 30.1 Å². The highest BCUT2D eigenvalue weighted by Gasteiger charge is 2.23. The minimum Gasteiger partial charge on any atom is -0.381 e. The Morgan fingerprint density at radius 2 is 2.12 bits per heavy atom. The van der Waals surface area contributed by atoms with E-state index in [0.717, 1.165) is 5.25 Å². The van der Waals surface area contributed by atoms with Crippen molar-refractivity contribution in [3.63, 3.8) is 0 Å². The molecule has 0 bridgehead atoms. The summed E-state index contributed by atoms with van der Waals surface area (Å²) in [5.41, 5.74) is 3.88. The molecule has 0 radical (unpaired) electrons. The lowest BCUT2D eigenvalue weighted by atomic mass is 10.1. The Labute approximate surface area is 109 Å². The van der Waals surface area contributed by atoms with Gasteiger partial charge in [-0.3, -0.25) is 0 Å². The molecule has 1 fully saturated rings. The average Bonchev–Trinajstić information content (AvgIpc) is 2.67. The summed E-state index contributed by atoms with van der Waals surface area (Å²) in [6.07, 6.45) is 1.27. The molecule has 94 valence electrons. The number of anilines is 2. The van der Waals surface area contributed by atoms with Crippen LogP contribution in [-0.4, -0.2) is 31.1 Å². The van der Waals surface area contributed by atoms with E-state index in [1.165, 1.54) is 29.1 Å². The van der Waals surface area contributed by atoms with Gasteiger partial charge in [-0.1, -0.05) is 13.0 Å². The molecule has 1 saturated heterocycles. The van der Waals surface area contributed by atoms with E-state index in [1.807, 2.05) is 0 Å². The maximum atomic E-state index is 3.67. The zero-order valence-corrected chi connectivity index (χ0v) is 12.0. The third-order valence-corrected chi connectivity index (χ3v) is 4.74. The van der Waals surface area contributed by atoms with Crippen molar-refractivity contribution in [2.45, 2.75) is 31.6 Å². The van der Waals surface area contributed by atoms with Crippen molar-refractivity contribution in [3.8, 4) is 0 Å². The minimum atomic E-state index is 0.623. The summed E-state index contributed by atoms with van der Waals surface area (Å²) in [6, 6.07) is 7.27. The summed E-state index contributed by atoms with van der Waals surface area (Å²) in [5, 5.41) is 4.39. The van der Waals surface area contributed by atoms with Gasteiger partial charge in [0.15, 0.2) is 0 Å². The highest BCUT2D eigenvalue weighted by atomic mass is 32.2. The predicted molar refractivity (Wildman–Crippen MR) is 79.5 cm³/mol. The summed E-state index contributed by atoms with van der Waals surface area (Å²) in [4.78, 5) is 2.17. The largest absolute Gasteiger partial charge is 0.381 e. The molecule has 0 saturated carbocycles. The second-order valence-electron chi connectivity index (χ2n) is 5.01. The fraction of sp³-hybridized carbons (Fsp3) is 0.571. The summed E-state index contributed by atoms with van der Waals surface area (Å²) < 4.78 is 0. The van der Waals surface area contributed by atoms with Crippen molar-refractivity contribution >= 4 is 23.1 Å². The third kappa shape index (κ3) is 2.89. The Kier molecular flexibility index (Phi) is 3.87. The Hall–Kier alpha value is -0.830. The maximum absolute atomic E-state index is 3.67. The Bertz CT molecular complexity index is 390. The molecule has 1 N–H and O–H groups in total. The van der Waals surface area contributed by atoms with Gasteiger partial charge in [-0.15, -0.1) is 0 Å². The Balaban J connectivity index is 2.13. The highest BCUT2D eigenvalue weighted by Crippen LogP contribution is 2.30. The lowest BCUT2D eigenvalue weighted by molar-refractivity contribution is 0.724. The summed E-state index contributed by atoms with van der Waals surface area (Å²) in [5.74, 6) is 1.28. The van der Waals surface area contributed by atoms with Crippen molar-refractivity contribution < 1.29 is 0 Å². The van der Waals surface area contributed by atoms with Gasteiger partial charge >= 0.3 is 0 Å².